The summed E-state index contributed by atoms with van der Waals surface area (Å²) in [6, 6.07) is 0. The summed E-state index contributed by atoms with van der Waals surface area (Å²) in [5.41, 5.74) is -1.54. The Bertz CT molecular complexity index is 595. The van der Waals surface area contributed by atoms with Gasteiger partial charge in [-0.3, -0.25) is 4.79 Å². The third kappa shape index (κ3) is 2.84. The molecule has 0 aliphatic heterocycles. The number of nitrogens with zero attached hydrogens (tertiary/aromatic N) is 3. The van der Waals surface area contributed by atoms with Gasteiger partial charge < -0.3 is 15.0 Å². The molecule has 0 saturated heterocycles. The van der Waals surface area contributed by atoms with E-state index in [0.29, 0.717) is 12.8 Å². The zero-order valence-electron chi connectivity index (χ0n) is 13.3. The van der Waals surface area contributed by atoms with Gasteiger partial charge in [-0.05, 0) is 25.7 Å². The van der Waals surface area contributed by atoms with Crippen LogP contribution in [-0.2, 0) is 11.8 Å². The van der Waals surface area contributed by atoms with Crippen molar-refractivity contribution in [2.45, 2.75) is 50.6 Å². The molecule has 3 atom stereocenters. The van der Waals surface area contributed by atoms with Crippen LogP contribution in [0.2, 0.25) is 0 Å². The van der Waals surface area contributed by atoms with E-state index in [1.165, 1.54) is 0 Å². The summed E-state index contributed by atoms with van der Waals surface area (Å²) in [5, 5.41) is 20.7. The van der Waals surface area contributed by atoms with Crippen LogP contribution in [0.5, 0.6) is 0 Å². The molecule has 1 heterocycles. The molecule has 2 aliphatic rings. The number of rotatable bonds is 5. The fourth-order valence-electron chi connectivity index (χ4n) is 3.58. The zero-order chi connectivity index (χ0) is 16.8. The molecule has 1 aromatic rings. The minimum atomic E-state index is -3.01. The molecule has 0 bridgehead atoms. The molecule has 6 nitrogen and oxygen atoms in total. The van der Waals surface area contributed by atoms with Gasteiger partial charge in [-0.25, -0.2) is 8.78 Å². The quantitative estimate of drug-likeness (QED) is 0.852. The van der Waals surface area contributed by atoms with E-state index in [4.69, 9.17) is 0 Å². The molecule has 0 aromatic carbocycles. The predicted octanol–water partition coefficient (Wildman–Crippen LogP) is 1.22. The third-order valence-electron chi connectivity index (χ3n) is 5.32. The fourth-order valence-corrected chi connectivity index (χ4v) is 3.58. The Kier molecular flexibility index (Phi) is 3.90. The second kappa shape index (κ2) is 5.51. The molecular formula is C15H22F2N4O2. The van der Waals surface area contributed by atoms with Gasteiger partial charge in [0.05, 0.1) is 6.10 Å². The number of aromatic nitrogens is 3. The minimum absolute atomic E-state index is 0.0712. The van der Waals surface area contributed by atoms with Gasteiger partial charge in [0, 0.05) is 32.4 Å². The standard InChI is InChI=1S/C15H22F2N4O2/c1-14(16,17)15(3-4-15)13(23)18-7-10-5-9(6-11(10)22)12-20-19-8-21(12)2/h8-11,22H,3-7H2,1-2H3,(H,18,23)/t9-,10+,11+/m0/s1. The molecule has 1 aromatic heterocycles. The van der Waals surface area contributed by atoms with Crippen molar-refractivity contribution in [2.75, 3.05) is 6.54 Å². The Morgan fingerprint density at radius 1 is 1.52 bits per heavy atom. The van der Waals surface area contributed by atoms with Crippen molar-refractivity contribution in [3.8, 4) is 0 Å². The van der Waals surface area contributed by atoms with E-state index >= 15 is 0 Å². The van der Waals surface area contributed by atoms with Gasteiger partial charge in [0.15, 0.2) is 0 Å². The highest BCUT2D eigenvalue weighted by Crippen LogP contribution is 2.56. The molecular weight excluding hydrogens is 306 g/mol. The first-order valence-electron chi connectivity index (χ1n) is 7.93. The molecule has 0 radical (unpaired) electrons. The maximum Gasteiger partial charge on any atom is 0.259 e. The summed E-state index contributed by atoms with van der Waals surface area (Å²) in [7, 11) is 1.84. The average Bonchev–Trinajstić information content (AvgIpc) is 3.08. The number of carbonyl (C=O) groups is 1. The van der Waals surface area contributed by atoms with Crippen molar-refractivity contribution in [3.05, 3.63) is 12.2 Å². The number of aliphatic hydroxyl groups is 1. The monoisotopic (exact) mass is 328 g/mol. The lowest BCUT2D eigenvalue weighted by molar-refractivity contribution is -0.141. The Morgan fingerprint density at radius 2 is 2.22 bits per heavy atom. The van der Waals surface area contributed by atoms with Crippen LogP contribution in [0, 0.1) is 11.3 Å². The molecule has 2 saturated carbocycles. The summed E-state index contributed by atoms with van der Waals surface area (Å²) in [6.07, 6.45) is 2.67. The molecule has 0 unspecified atom stereocenters. The van der Waals surface area contributed by atoms with Crippen LogP contribution in [0.3, 0.4) is 0 Å². The second-order valence-electron chi connectivity index (χ2n) is 6.98. The van der Waals surface area contributed by atoms with Gasteiger partial charge >= 0.3 is 0 Å². The van der Waals surface area contributed by atoms with Crippen molar-refractivity contribution in [1.82, 2.24) is 20.1 Å². The zero-order valence-corrected chi connectivity index (χ0v) is 13.3. The lowest BCUT2D eigenvalue weighted by Gasteiger charge is -2.23. The van der Waals surface area contributed by atoms with Gasteiger partial charge in [0.2, 0.25) is 5.91 Å². The van der Waals surface area contributed by atoms with Crippen LogP contribution >= 0.6 is 0 Å². The Balaban J connectivity index is 1.57. The normalized spacial score (nSPS) is 29.5. The third-order valence-corrected chi connectivity index (χ3v) is 5.32. The highest BCUT2D eigenvalue weighted by molar-refractivity contribution is 5.86. The molecule has 2 N–H and O–H groups in total. The molecule has 2 aliphatic carbocycles. The number of aryl methyl sites for hydroxylation is 1. The van der Waals surface area contributed by atoms with Gasteiger partial charge in [0.1, 0.15) is 17.6 Å². The maximum absolute atomic E-state index is 13.6. The number of alkyl halides is 2. The predicted molar refractivity (Wildman–Crippen MR) is 77.8 cm³/mol. The number of amides is 1. The number of nitrogens with one attached hydrogen (secondary N) is 1. The van der Waals surface area contributed by atoms with E-state index in [9.17, 15) is 18.7 Å². The van der Waals surface area contributed by atoms with Crippen molar-refractivity contribution in [3.63, 3.8) is 0 Å². The molecule has 23 heavy (non-hydrogen) atoms. The lowest BCUT2D eigenvalue weighted by atomic mass is 9.97. The largest absolute Gasteiger partial charge is 0.393 e. The number of carbonyl (C=O) groups excluding carboxylic acids is 1. The van der Waals surface area contributed by atoms with Crippen molar-refractivity contribution in [1.29, 1.82) is 0 Å². The van der Waals surface area contributed by atoms with Crippen molar-refractivity contribution < 1.29 is 18.7 Å². The number of hydrogen-bond acceptors (Lipinski definition) is 4. The van der Waals surface area contributed by atoms with Crippen LogP contribution in [0.4, 0.5) is 8.78 Å². The van der Waals surface area contributed by atoms with Crippen LogP contribution in [-0.4, -0.2) is 44.3 Å². The Labute approximate surface area is 133 Å². The SMILES string of the molecule is Cn1cnnc1[C@H]1C[C@H](CNC(=O)C2(C(C)(F)F)CC2)[C@H](O)C1. The van der Waals surface area contributed by atoms with Crippen molar-refractivity contribution in [2.24, 2.45) is 18.4 Å². The van der Waals surface area contributed by atoms with Gasteiger partial charge in [-0.1, -0.05) is 0 Å². The van der Waals surface area contributed by atoms with E-state index in [1.807, 2.05) is 11.6 Å². The minimum Gasteiger partial charge on any atom is -0.393 e. The highest BCUT2D eigenvalue weighted by atomic mass is 19.3. The van der Waals surface area contributed by atoms with Crippen LogP contribution in [0.1, 0.15) is 44.3 Å². The van der Waals surface area contributed by atoms with E-state index in [1.54, 1.807) is 6.33 Å². The molecule has 0 spiro atoms. The summed E-state index contributed by atoms with van der Waals surface area (Å²) in [5.74, 6) is -2.88. The maximum atomic E-state index is 13.6. The van der Waals surface area contributed by atoms with Crippen LogP contribution in [0.15, 0.2) is 6.33 Å². The average molecular weight is 328 g/mol. The fraction of sp³-hybridized carbons (Fsp3) is 0.800. The van der Waals surface area contributed by atoms with Crippen LogP contribution < -0.4 is 5.32 Å². The molecule has 3 rings (SSSR count). The number of halogens is 2. The Hall–Kier alpha value is -1.57. The summed E-state index contributed by atoms with van der Waals surface area (Å²) >= 11 is 0. The van der Waals surface area contributed by atoms with E-state index < -0.39 is 23.3 Å². The first kappa shape index (κ1) is 16.3. The van der Waals surface area contributed by atoms with E-state index in [0.717, 1.165) is 12.7 Å². The van der Waals surface area contributed by atoms with Crippen LogP contribution in [0.25, 0.3) is 0 Å². The van der Waals surface area contributed by atoms with Crippen molar-refractivity contribution >= 4 is 5.91 Å². The second-order valence-corrected chi connectivity index (χ2v) is 6.98. The molecule has 2 fully saturated rings. The van der Waals surface area contributed by atoms with Gasteiger partial charge in [-0.15, -0.1) is 10.2 Å². The van der Waals surface area contributed by atoms with E-state index in [2.05, 4.69) is 15.5 Å². The van der Waals surface area contributed by atoms with E-state index in [-0.39, 0.29) is 31.2 Å². The highest BCUT2D eigenvalue weighted by Gasteiger charge is 2.64. The molecule has 128 valence electrons. The molecule has 8 heteroatoms. The van der Waals surface area contributed by atoms with Gasteiger partial charge in [0.25, 0.3) is 5.92 Å². The number of hydrogen-bond donors (Lipinski definition) is 2. The lowest BCUT2D eigenvalue weighted by Crippen LogP contribution is -2.44. The van der Waals surface area contributed by atoms with Gasteiger partial charge in [-0.2, -0.15) is 0 Å². The first-order valence-corrected chi connectivity index (χ1v) is 7.93. The first-order chi connectivity index (χ1) is 10.7. The Morgan fingerprint density at radius 3 is 2.74 bits per heavy atom. The summed E-state index contributed by atoms with van der Waals surface area (Å²) in [6.45, 7) is 1.01. The molecule has 1 amide bonds. The summed E-state index contributed by atoms with van der Waals surface area (Å²) < 4.78 is 28.9. The topological polar surface area (TPSA) is 80.0 Å². The number of aliphatic hydroxyl groups excluding tert-OH is 1. The smallest absolute Gasteiger partial charge is 0.259 e. The summed E-state index contributed by atoms with van der Waals surface area (Å²) in [4.78, 5) is 12.1.